The molecule has 0 aliphatic carbocycles. The van der Waals surface area contributed by atoms with E-state index in [2.05, 4.69) is 0 Å². The summed E-state index contributed by atoms with van der Waals surface area (Å²) in [6.45, 7) is 3.78. The van der Waals surface area contributed by atoms with Crippen molar-refractivity contribution in [3.8, 4) is 0 Å². The van der Waals surface area contributed by atoms with Gasteiger partial charge in [0.1, 0.15) is 0 Å². The third-order valence-corrected chi connectivity index (χ3v) is 3.58. The second-order valence-corrected chi connectivity index (χ2v) is 6.55. The lowest BCUT2D eigenvalue weighted by Gasteiger charge is -2.31. The minimum atomic E-state index is -3.41. The molecule has 0 aromatic rings. The topological polar surface area (TPSA) is 72.9 Å². The molecular weight excluding hydrogens is 270 g/mol. The first-order valence-corrected chi connectivity index (χ1v) is 8.50. The minimum absolute atomic E-state index is 0.0576. The lowest BCUT2D eigenvalue weighted by atomic mass is 10.00. The van der Waals surface area contributed by atoms with Crippen molar-refractivity contribution in [2.75, 3.05) is 32.6 Å². The van der Waals surface area contributed by atoms with E-state index >= 15 is 0 Å². The molecule has 0 bridgehead atoms. The average molecular weight is 293 g/mol. The van der Waals surface area contributed by atoms with Gasteiger partial charge in [-0.05, 0) is 19.3 Å². The van der Waals surface area contributed by atoms with E-state index in [0.29, 0.717) is 19.7 Å². The third-order valence-electron chi connectivity index (χ3n) is 3.02. The molecule has 1 amide bonds. The van der Waals surface area contributed by atoms with Gasteiger partial charge in [-0.1, -0.05) is 13.3 Å². The maximum atomic E-state index is 11.8. The highest BCUT2D eigenvalue weighted by molar-refractivity contribution is 7.85. The number of hydrogen-bond donors (Lipinski definition) is 0. The van der Waals surface area contributed by atoms with E-state index in [1.54, 1.807) is 4.90 Å². The maximum absolute atomic E-state index is 11.8. The Labute approximate surface area is 115 Å². The zero-order chi connectivity index (χ0) is 14.3. The molecule has 1 atom stereocenters. The van der Waals surface area contributed by atoms with Gasteiger partial charge in [-0.25, -0.2) is 4.79 Å². The van der Waals surface area contributed by atoms with Crippen molar-refractivity contribution in [3.63, 3.8) is 0 Å². The summed E-state index contributed by atoms with van der Waals surface area (Å²) in [5.41, 5.74) is 0. The minimum Gasteiger partial charge on any atom is -0.449 e. The predicted octanol–water partition coefficient (Wildman–Crippen LogP) is 1.61. The van der Waals surface area contributed by atoms with Crippen LogP contribution in [0.3, 0.4) is 0 Å². The molecule has 0 aromatic heterocycles. The highest BCUT2D eigenvalue weighted by Crippen LogP contribution is 2.18. The second-order valence-electron chi connectivity index (χ2n) is 4.91. The highest BCUT2D eigenvalue weighted by atomic mass is 32.2. The molecule has 1 aliphatic rings. The number of piperidine rings is 1. The van der Waals surface area contributed by atoms with Crippen molar-refractivity contribution in [3.05, 3.63) is 0 Å². The number of carbonyl (C=O) groups is 1. The van der Waals surface area contributed by atoms with Crippen molar-refractivity contribution >= 4 is 16.2 Å². The van der Waals surface area contributed by atoms with E-state index in [-0.39, 0.29) is 18.6 Å². The lowest BCUT2D eigenvalue weighted by Crippen LogP contribution is -2.41. The van der Waals surface area contributed by atoms with E-state index in [9.17, 15) is 13.2 Å². The molecule has 1 rings (SSSR count). The molecule has 0 spiro atoms. The fourth-order valence-corrected chi connectivity index (χ4v) is 2.42. The fourth-order valence-electron chi connectivity index (χ4n) is 1.98. The van der Waals surface area contributed by atoms with Crippen LogP contribution in [0.1, 0.15) is 32.6 Å². The summed E-state index contributed by atoms with van der Waals surface area (Å²) in [6.07, 6.45) is 4.29. The summed E-state index contributed by atoms with van der Waals surface area (Å²) < 4.78 is 31.8. The van der Waals surface area contributed by atoms with Gasteiger partial charge < -0.3 is 9.64 Å². The summed E-state index contributed by atoms with van der Waals surface area (Å²) in [6, 6.07) is 0. The van der Waals surface area contributed by atoms with E-state index in [4.69, 9.17) is 8.92 Å². The van der Waals surface area contributed by atoms with Crippen LogP contribution in [0.2, 0.25) is 0 Å². The van der Waals surface area contributed by atoms with Gasteiger partial charge in [-0.15, -0.1) is 0 Å². The number of unbranched alkanes of at least 4 members (excludes halogenated alkanes) is 1. The molecule has 0 aromatic carbocycles. The van der Waals surface area contributed by atoms with Crippen LogP contribution in [0.4, 0.5) is 4.79 Å². The summed E-state index contributed by atoms with van der Waals surface area (Å²) in [5, 5.41) is 0. The highest BCUT2D eigenvalue weighted by Gasteiger charge is 2.25. The summed E-state index contributed by atoms with van der Waals surface area (Å²) in [7, 11) is -3.41. The van der Waals surface area contributed by atoms with Crippen LogP contribution in [-0.2, 0) is 19.0 Å². The van der Waals surface area contributed by atoms with E-state index in [1.165, 1.54) is 0 Å². The number of ether oxygens (including phenoxy) is 1. The van der Waals surface area contributed by atoms with E-state index < -0.39 is 10.1 Å². The summed E-state index contributed by atoms with van der Waals surface area (Å²) in [4.78, 5) is 13.4. The molecule has 112 valence electrons. The van der Waals surface area contributed by atoms with Crippen LogP contribution < -0.4 is 0 Å². The van der Waals surface area contributed by atoms with E-state index in [0.717, 1.165) is 31.9 Å². The number of likely N-dealkylation sites (tertiary alicyclic amines) is 1. The molecule has 1 heterocycles. The van der Waals surface area contributed by atoms with Crippen molar-refractivity contribution in [1.82, 2.24) is 4.90 Å². The average Bonchev–Trinajstić information content (AvgIpc) is 2.36. The molecule has 1 aliphatic heterocycles. The van der Waals surface area contributed by atoms with Crippen LogP contribution in [0, 0.1) is 5.92 Å². The first-order chi connectivity index (χ1) is 8.92. The Hall–Kier alpha value is -0.820. The molecule has 0 radical (unpaired) electrons. The summed E-state index contributed by atoms with van der Waals surface area (Å²) in [5.74, 6) is 0.0576. The zero-order valence-corrected chi connectivity index (χ0v) is 12.4. The Bertz CT molecular complexity index is 382. The lowest BCUT2D eigenvalue weighted by molar-refractivity contribution is 0.0756. The monoisotopic (exact) mass is 293 g/mol. The van der Waals surface area contributed by atoms with Crippen molar-refractivity contribution < 1.29 is 22.1 Å². The Morgan fingerprint density at radius 3 is 2.79 bits per heavy atom. The van der Waals surface area contributed by atoms with E-state index in [1.807, 2.05) is 6.92 Å². The maximum Gasteiger partial charge on any atom is 0.409 e. The largest absolute Gasteiger partial charge is 0.449 e. The molecule has 1 saturated heterocycles. The Morgan fingerprint density at radius 1 is 1.42 bits per heavy atom. The Kier molecular flexibility index (Phi) is 6.57. The number of hydrogen-bond acceptors (Lipinski definition) is 5. The Morgan fingerprint density at radius 2 is 2.16 bits per heavy atom. The molecule has 0 N–H and O–H groups in total. The number of rotatable bonds is 6. The Balaban J connectivity index is 2.34. The van der Waals surface area contributed by atoms with Crippen LogP contribution in [0.5, 0.6) is 0 Å². The normalized spacial score (nSPS) is 20.3. The SMILES string of the molecule is CCCCOC(=O)N1CCCC(COS(C)(=O)=O)C1. The molecule has 19 heavy (non-hydrogen) atoms. The van der Waals surface area contributed by atoms with Crippen molar-refractivity contribution in [1.29, 1.82) is 0 Å². The molecule has 1 fully saturated rings. The molecule has 1 unspecified atom stereocenters. The second kappa shape index (κ2) is 7.69. The quantitative estimate of drug-likeness (QED) is 0.549. The summed E-state index contributed by atoms with van der Waals surface area (Å²) >= 11 is 0. The van der Waals surface area contributed by atoms with Crippen LogP contribution in [0.15, 0.2) is 0 Å². The van der Waals surface area contributed by atoms with Gasteiger partial charge in [0, 0.05) is 19.0 Å². The van der Waals surface area contributed by atoms with Gasteiger partial charge in [0.2, 0.25) is 0 Å². The first kappa shape index (κ1) is 16.2. The number of carbonyl (C=O) groups excluding carboxylic acids is 1. The van der Waals surface area contributed by atoms with Crippen LogP contribution in [-0.4, -0.2) is 52.0 Å². The predicted molar refractivity (Wildman–Crippen MR) is 71.3 cm³/mol. The van der Waals surface area contributed by atoms with Gasteiger partial charge in [-0.3, -0.25) is 4.18 Å². The van der Waals surface area contributed by atoms with Crippen molar-refractivity contribution in [2.24, 2.45) is 5.92 Å². The standard InChI is InChI=1S/C12H23NO5S/c1-3-4-8-17-12(14)13-7-5-6-11(9-13)10-18-19(2,15)16/h11H,3-10H2,1-2H3. The molecule has 6 nitrogen and oxygen atoms in total. The van der Waals surface area contributed by atoms with Gasteiger partial charge >= 0.3 is 6.09 Å². The number of nitrogens with zero attached hydrogens (tertiary/aromatic N) is 1. The van der Waals surface area contributed by atoms with Crippen molar-refractivity contribution in [2.45, 2.75) is 32.6 Å². The smallest absolute Gasteiger partial charge is 0.409 e. The molecular formula is C12H23NO5S. The van der Waals surface area contributed by atoms with Gasteiger partial charge in [0.05, 0.1) is 19.5 Å². The van der Waals surface area contributed by atoms with Gasteiger partial charge in [0.15, 0.2) is 0 Å². The fraction of sp³-hybridized carbons (Fsp3) is 0.917. The molecule has 7 heteroatoms. The van der Waals surface area contributed by atoms with Crippen LogP contribution >= 0.6 is 0 Å². The zero-order valence-electron chi connectivity index (χ0n) is 11.6. The molecule has 0 saturated carbocycles. The van der Waals surface area contributed by atoms with Crippen LogP contribution in [0.25, 0.3) is 0 Å². The third kappa shape index (κ3) is 6.77. The van der Waals surface area contributed by atoms with Gasteiger partial charge in [0.25, 0.3) is 10.1 Å². The van der Waals surface area contributed by atoms with Gasteiger partial charge in [-0.2, -0.15) is 8.42 Å². The first-order valence-electron chi connectivity index (χ1n) is 6.68. The number of amides is 1.